The molecule has 2 rings (SSSR count). The first-order valence-electron chi connectivity index (χ1n) is 6.14. The number of hydrogen-bond donors (Lipinski definition) is 1. The molecular formula is C12H20N4OS. The quantitative estimate of drug-likeness (QED) is 0.857. The Bertz CT molecular complexity index is 418. The third-order valence-corrected chi connectivity index (χ3v) is 4.19. The molecule has 1 atom stereocenters. The molecule has 1 aromatic rings. The highest BCUT2D eigenvalue weighted by Crippen LogP contribution is 2.18. The molecule has 0 aromatic carbocycles. The van der Waals surface area contributed by atoms with Gasteiger partial charge in [-0.1, -0.05) is 0 Å². The van der Waals surface area contributed by atoms with Crippen LogP contribution in [-0.2, 0) is 11.3 Å². The number of aryl methyl sites for hydroxylation is 1. The van der Waals surface area contributed by atoms with Crippen LogP contribution in [0, 0.1) is 6.92 Å². The average Bonchev–Trinajstić information content (AvgIpc) is 2.75. The molecule has 0 bridgehead atoms. The van der Waals surface area contributed by atoms with Crippen molar-refractivity contribution in [2.24, 2.45) is 0 Å². The molecule has 1 aromatic heterocycles. The van der Waals surface area contributed by atoms with Crippen LogP contribution in [0.3, 0.4) is 0 Å². The van der Waals surface area contributed by atoms with Gasteiger partial charge in [0.1, 0.15) is 6.04 Å². The van der Waals surface area contributed by atoms with Crippen molar-refractivity contribution >= 4 is 17.2 Å². The molecule has 0 spiro atoms. The van der Waals surface area contributed by atoms with Gasteiger partial charge < -0.3 is 10.2 Å². The summed E-state index contributed by atoms with van der Waals surface area (Å²) in [6.07, 6.45) is 0. The third kappa shape index (κ3) is 2.88. The smallest absolute Gasteiger partial charge is 0.240 e. The number of piperazine rings is 1. The monoisotopic (exact) mass is 268 g/mol. The van der Waals surface area contributed by atoms with Crippen LogP contribution >= 0.6 is 11.3 Å². The zero-order valence-electron chi connectivity index (χ0n) is 11.1. The first-order valence-corrected chi connectivity index (χ1v) is 7.02. The van der Waals surface area contributed by atoms with Crippen molar-refractivity contribution in [3.63, 3.8) is 0 Å². The number of nitrogens with zero attached hydrogens (tertiary/aromatic N) is 3. The zero-order chi connectivity index (χ0) is 13.1. The van der Waals surface area contributed by atoms with Crippen LogP contribution in [0.1, 0.15) is 10.6 Å². The third-order valence-electron chi connectivity index (χ3n) is 3.27. The molecule has 1 fully saturated rings. The Morgan fingerprint density at radius 3 is 3.06 bits per heavy atom. The number of aromatic nitrogens is 1. The van der Waals surface area contributed by atoms with Gasteiger partial charge in [-0.25, -0.2) is 4.98 Å². The number of nitrogens with one attached hydrogen (secondary N) is 1. The van der Waals surface area contributed by atoms with Gasteiger partial charge in [0.2, 0.25) is 5.91 Å². The fourth-order valence-corrected chi connectivity index (χ4v) is 2.94. The van der Waals surface area contributed by atoms with E-state index in [1.54, 1.807) is 16.2 Å². The Kier molecular flexibility index (Phi) is 4.31. The van der Waals surface area contributed by atoms with E-state index >= 15 is 0 Å². The van der Waals surface area contributed by atoms with Gasteiger partial charge in [0.15, 0.2) is 0 Å². The van der Waals surface area contributed by atoms with Crippen LogP contribution in [0.2, 0.25) is 0 Å². The van der Waals surface area contributed by atoms with E-state index < -0.39 is 0 Å². The largest absolute Gasteiger partial charge is 0.347 e. The summed E-state index contributed by atoms with van der Waals surface area (Å²) in [6.45, 7) is 5.42. The Balaban J connectivity index is 2.09. The predicted molar refractivity (Wildman–Crippen MR) is 72.6 cm³/mol. The molecule has 1 unspecified atom stereocenters. The predicted octanol–water partition coefficient (Wildman–Crippen LogP) is 0.314. The number of thiazole rings is 1. The first-order chi connectivity index (χ1) is 8.59. The number of rotatable bonds is 3. The van der Waals surface area contributed by atoms with Crippen LogP contribution in [0.4, 0.5) is 0 Å². The fraction of sp³-hybridized carbons (Fsp3) is 0.667. The number of amides is 1. The van der Waals surface area contributed by atoms with E-state index in [-0.39, 0.29) is 11.9 Å². The summed E-state index contributed by atoms with van der Waals surface area (Å²) in [5.74, 6) is 0.171. The van der Waals surface area contributed by atoms with Crippen LogP contribution in [0.5, 0.6) is 0 Å². The summed E-state index contributed by atoms with van der Waals surface area (Å²) in [6, 6.07) is -0.0600. The van der Waals surface area contributed by atoms with Gasteiger partial charge in [-0.3, -0.25) is 9.69 Å². The lowest BCUT2D eigenvalue weighted by Gasteiger charge is -2.36. The molecule has 1 N–H and O–H groups in total. The molecule has 1 saturated heterocycles. The molecule has 0 radical (unpaired) electrons. The topological polar surface area (TPSA) is 48.5 Å². The summed E-state index contributed by atoms with van der Waals surface area (Å²) in [4.78, 5) is 21.6. The van der Waals surface area contributed by atoms with Crippen LogP contribution in [-0.4, -0.2) is 60.5 Å². The van der Waals surface area contributed by atoms with E-state index in [9.17, 15) is 4.79 Å². The van der Waals surface area contributed by atoms with Gasteiger partial charge in [-0.15, -0.1) is 11.3 Å². The normalized spacial score (nSPS) is 20.9. The van der Waals surface area contributed by atoms with Gasteiger partial charge in [0, 0.05) is 45.2 Å². The summed E-state index contributed by atoms with van der Waals surface area (Å²) < 4.78 is 0. The maximum atomic E-state index is 12.2. The zero-order valence-corrected chi connectivity index (χ0v) is 12.0. The second-order valence-electron chi connectivity index (χ2n) is 4.78. The van der Waals surface area contributed by atoms with Gasteiger partial charge in [0.25, 0.3) is 0 Å². The van der Waals surface area contributed by atoms with Crippen LogP contribution < -0.4 is 5.32 Å². The molecule has 100 valence electrons. The molecule has 1 aliphatic heterocycles. The first kappa shape index (κ1) is 13.5. The lowest BCUT2D eigenvalue weighted by atomic mass is 10.1. The summed E-state index contributed by atoms with van der Waals surface area (Å²) in [7, 11) is 3.63. The minimum absolute atomic E-state index is 0.0600. The molecule has 0 saturated carbocycles. The van der Waals surface area contributed by atoms with E-state index in [0.29, 0.717) is 0 Å². The number of carbonyl (C=O) groups excluding carboxylic acids is 1. The van der Waals surface area contributed by atoms with Crippen molar-refractivity contribution in [1.82, 2.24) is 20.1 Å². The van der Waals surface area contributed by atoms with Crippen molar-refractivity contribution in [2.45, 2.75) is 19.5 Å². The second-order valence-corrected chi connectivity index (χ2v) is 5.72. The second kappa shape index (κ2) is 5.77. The summed E-state index contributed by atoms with van der Waals surface area (Å²) in [5.41, 5.74) is 2.95. The van der Waals surface area contributed by atoms with E-state index in [2.05, 4.69) is 15.2 Å². The van der Waals surface area contributed by atoms with E-state index in [1.807, 2.05) is 26.5 Å². The lowest BCUT2D eigenvalue weighted by molar-refractivity contribution is -0.135. The van der Waals surface area contributed by atoms with Crippen molar-refractivity contribution in [2.75, 3.05) is 33.7 Å². The SMILES string of the molecule is Cc1ncsc1CN1CCNCC1C(=O)N(C)C. The molecule has 0 aliphatic carbocycles. The maximum Gasteiger partial charge on any atom is 0.240 e. The number of hydrogen-bond acceptors (Lipinski definition) is 5. The van der Waals surface area contributed by atoms with Gasteiger partial charge >= 0.3 is 0 Å². The van der Waals surface area contributed by atoms with Crippen LogP contribution in [0.15, 0.2) is 5.51 Å². The molecule has 1 amide bonds. The standard InChI is InChI=1S/C12H20N4OS/c1-9-11(18-8-14-9)7-16-5-4-13-6-10(16)12(17)15(2)3/h8,10,13H,4-7H2,1-3H3. The van der Waals surface area contributed by atoms with Crippen molar-refractivity contribution in [1.29, 1.82) is 0 Å². The van der Waals surface area contributed by atoms with E-state index in [0.717, 1.165) is 31.9 Å². The van der Waals surface area contributed by atoms with Crippen LogP contribution in [0.25, 0.3) is 0 Å². The maximum absolute atomic E-state index is 12.2. The Morgan fingerprint density at radius 1 is 1.67 bits per heavy atom. The molecule has 2 heterocycles. The van der Waals surface area contributed by atoms with Gasteiger partial charge in [-0.2, -0.15) is 0 Å². The molecule has 18 heavy (non-hydrogen) atoms. The summed E-state index contributed by atoms with van der Waals surface area (Å²) in [5, 5.41) is 3.29. The fourth-order valence-electron chi connectivity index (χ4n) is 2.14. The molecule has 5 nitrogen and oxygen atoms in total. The Hall–Kier alpha value is -0.980. The van der Waals surface area contributed by atoms with Crippen molar-refractivity contribution < 1.29 is 4.79 Å². The highest BCUT2D eigenvalue weighted by atomic mass is 32.1. The van der Waals surface area contributed by atoms with Crippen molar-refractivity contribution in [3.05, 3.63) is 16.1 Å². The number of carbonyl (C=O) groups is 1. The Labute approximate surface area is 112 Å². The molecule has 1 aliphatic rings. The number of likely N-dealkylation sites (N-methyl/N-ethyl adjacent to an activating group) is 1. The molecule has 6 heteroatoms. The minimum Gasteiger partial charge on any atom is -0.347 e. The van der Waals surface area contributed by atoms with E-state index in [1.165, 1.54) is 4.88 Å². The van der Waals surface area contributed by atoms with Gasteiger partial charge in [0.05, 0.1) is 11.2 Å². The Morgan fingerprint density at radius 2 is 2.44 bits per heavy atom. The highest BCUT2D eigenvalue weighted by molar-refractivity contribution is 7.09. The lowest BCUT2D eigenvalue weighted by Crippen LogP contribution is -2.57. The average molecular weight is 268 g/mol. The molecular weight excluding hydrogens is 248 g/mol. The van der Waals surface area contributed by atoms with E-state index in [4.69, 9.17) is 0 Å². The highest BCUT2D eigenvalue weighted by Gasteiger charge is 2.30. The summed E-state index contributed by atoms with van der Waals surface area (Å²) >= 11 is 1.67. The van der Waals surface area contributed by atoms with Gasteiger partial charge in [-0.05, 0) is 6.92 Å². The minimum atomic E-state index is -0.0600. The van der Waals surface area contributed by atoms with Crippen molar-refractivity contribution in [3.8, 4) is 0 Å².